The van der Waals surface area contributed by atoms with E-state index in [0.29, 0.717) is 16.9 Å². The van der Waals surface area contributed by atoms with E-state index in [-0.39, 0.29) is 18.3 Å². The first-order valence-corrected chi connectivity index (χ1v) is 6.51. The van der Waals surface area contributed by atoms with Gasteiger partial charge in [-0.15, -0.1) is 0 Å². The molecular weight excluding hydrogens is 300 g/mol. The first-order valence-electron chi connectivity index (χ1n) is 5.72. The largest absolute Gasteiger partial charge is 0.395 e. The number of non-ortho nitro benzene ring substituents is 1. The minimum atomic E-state index is -0.416. The molecule has 1 unspecified atom stereocenters. The van der Waals surface area contributed by atoms with Crippen molar-refractivity contribution in [2.75, 3.05) is 6.61 Å². The number of rotatable bonds is 6. The fourth-order valence-corrected chi connectivity index (χ4v) is 2.13. The molecule has 1 aromatic carbocycles. The van der Waals surface area contributed by atoms with Crippen LogP contribution in [0.2, 0.25) is 0 Å². The fourth-order valence-electron chi connectivity index (χ4n) is 1.60. The molecule has 100 valence electrons. The van der Waals surface area contributed by atoms with Crippen LogP contribution in [0.5, 0.6) is 0 Å². The Bertz CT molecular complexity index is 424. The highest BCUT2D eigenvalue weighted by Crippen LogP contribution is 2.21. The highest BCUT2D eigenvalue weighted by molar-refractivity contribution is 9.10. The van der Waals surface area contributed by atoms with Crippen LogP contribution in [0.15, 0.2) is 22.7 Å². The molecule has 1 rings (SSSR count). The number of benzene rings is 1. The predicted molar refractivity (Wildman–Crippen MR) is 73.3 cm³/mol. The number of nitro groups is 1. The summed E-state index contributed by atoms with van der Waals surface area (Å²) in [5.74, 6) is 0.303. The Kier molecular flexibility index (Phi) is 5.71. The van der Waals surface area contributed by atoms with Crippen molar-refractivity contribution in [2.24, 2.45) is 5.92 Å². The third kappa shape index (κ3) is 4.36. The summed E-state index contributed by atoms with van der Waals surface area (Å²) in [4.78, 5) is 10.3. The highest BCUT2D eigenvalue weighted by atomic mass is 79.9. The van der Waals surface area contributed by atoms with Crippen LogP contribution in [0, 0.1) is 16.0 Å². The summed E-state index contributed by atoms with van der Waals surface area (Å²) in [7, 11) is 0. The van der Waals surface area contributed by atoms with Crippen LogP contribution < -0.4 is 5.32 Å². The van der Waals surface area contributed by atoms with E-state index in [9.17, 15) is 15.2 Å². The van der Waals surface area contributed by atoms with Gasteiger partial charge in [0.05, 0.1) is 11.5 Å². The fraction of sp³-hybridized carbons (Fsp3) is 0.500. The second kappa shape index (κ2) is 6.82. The van der Waals surface area contributed by atoms with Crippen molar-refractivity contribution in [3.63, 3.8) is 0 Å². The lowest BCUT2D eigenvalue weighted by Gasteiger charge is -2.19. The number of aliphatic hydroxyl groups excluding tert-OH is 1. The molecular formula is C12H17BrN2O3. The quantitative estimate of drug-likeness (QED) is 0.624. The number of hydrogen-bond acceptors (Lipinski definition) is 4. The Labute approximate surface area is 114 Å². The molecule has 0 spiro atoms. The van der Waals surface area contributed by atoms with Crippen LogP contribution >= 0.6 is 15.9 Å². The molecule has 0 radical (unpaired) electrons. The molecule has 2 N–H and O–H groups in total. The molecule has 0 saturated carbocycles. The molecule has 5 nitrogen and oxygen atoms in total. The van der Waals surface area contributed by atoms with Crippen molar-refractivity contribution >= 4 is 21.6 Å². The first-order chi connectivity index (χ1) is 8.43. The van der Waals surface area contributed by atoms with Crippen molar-refractivity contribution < 1.29 is 10.0 Å². The zero-order chi connectivity index (χ0) is 13.7. The van der Waals surface area contributed by atoms with Crippen LogP contribution in [-0.2, 0) is 6.54 Å². The average molecular weight is 317 g/mol. The summed E-state index contributed by atoms with van der Waals surface area (Å²) < 4.78 is 0.679. The van der Waals surface area contributed by atoms with Crippen molar-refractivity contribution in [3.8, 4) is 0 Å². The summed E-state index contributed by atoms with van der Waals surface area (Å²) in [6.45, 7) is 4.56. The van der Waals surface area contributed by atoms with Gasteiger partial charge in [0.2, 0.25) is 0 Å². The van der Waals surface area contributed by atoms with Crippen molar-refractivity contribution in [2.45, 2.75) is 26.4 Å². The lowest BCUT2D eigenvalue weighted by molar-refractivity contribution is -0.385. The molecule has 0 bridgehead atoms. The van der Waals surface area contributed by atoms with Crippen LogP contribution in [0.3, 0.4) is 0 Å². The molecule has 0 amide bonds. The van der Waals surface area contributed by atoms with E-state index >= 15 is 0 Å². The minimum absolute atomic E-state index is 0.0111. The third-order valence-electron chi connectivity index (χ3n) is 2.72. The maximum Gasteiger partial charge on any atom is 0.270 e. The summed E-state index contributed by atoms with van der Waals surface area (Å²) in [5.41, 5.74) is 0.876. The van der Waals surface area contributed by atoms with E-state index < -0.39 is 4.92 Å². The molecule has 0 heterocycles. The lowest BCUT2D eigenvalue weighted by Crippen LogP contribution is -2.36. The Morgan fingerprint density at radius 2 is 2.11 bits per heavy atom. The monoisotopic (exact) mass is 316 g/mol. The van der Waals surface area contributed by atoms with Crippen LogP contribution in [-0.4, -0.2) is 22.7 Å². The molecule has 0 fully saturated rings. The van der Waals surface area contributed by atoms with Gasteiger partial charge in [-0.05, 0) is 17.5 Å². The molecule has 0 aliphatic carbocycles. The Hall–Kier alpha value is -0.980. The van der Waals surface area contributed by atoms with Gasteiger partial charge in [0.15, 0.2) is 0 Å². The van der Waals surface area contributed by atoms with Gasteiger partial charge < -0.3 is 10.4 Å². The molecule has 1 atom stereocenters. The number of hydrogen-bond donors (Lipinski definition) is 2. The zero-order valence-electron chi connectivity index (χ0n) is 10.4. The second-order valence-corrected chi connectivity index (χ2v) is 5.40. The minimum Gasteiger partial charge on any atom is -0.395 e. The summed E-state index contributed by atoms with van der Waals surface area (Å²) >= 11 is 3.25. The van der Waals surface area contributed by atoms with Crippen molar-refractivity contribution in [3.05, 3.63) is 38.3 Å². The number of nitrogens with one attached hydrogen (secondary N) is 1. The Balaban J connectivity index is 2.75. The standard InChI is InChI=1S/C12H17BrN2O3/c1-8(2)12(7-16)14-6-9-3-10(13)5-11(4-9)15(17)18/h3-5,8,12,14,16H,6-7H2,1-2H3. The van der Waals surface area contributed by atoms with E-state index in [1.807, 2.05) is 19.9 Å². The summed E-state index contributed by atoms with van der Waals surface area (Å²) in [5, 5.41) is 23.1. The number of aliphatic hydroxyl groups is 1. The molecule has 0 aliphatic rings. The topological polar surface area (TPSA) is 75.4 Å². The van der Waals surface area contributed by atoms with Crippen LogP contribution in [0.4, 0.5) is 5.69 Å². The molecule has 0 aromatic heterocycles. The van der Waals surface area contributed by atoms with Gasteiger partial charge in [-0.25, -0.2) is 0 Å². The van der Waals surface area contributed by atoms with Crippen molar-refractivity contribution in [1.29, 1.82) is 0 Å². The van der Waals surface area contributed by atoms with E-state index in [4.69, 9.17) is 0 Å². The van der Waals surface area contributed by atoms with E-state index in [1.165, 1.54) is 12.1 Å². The van der Waals surface area contributed by atoms with Gasteiger partial charge in [0.25, 0.3) is 5.69 Å². The maximum atomic E-state index is 10.7. The number of nitro benzene ring substituents is 1. The number of halogens is 1. The van der Waals surface area contributed by atoms with E-state index in [1.54, 1.807) is 0 Å². The van der Waals surface area contributed by atoms with Gasteiger partial charge in [0.1, 0.15) is 0 Å². The van der Waals surface area contributed by atoms with Gasteiger partial charge in [-0.2, -0.15) is 0 Å². The summed E-state index contributed by atoms with van der Waals surface area (Å²) in [6, 6.07) is 4.82. The molecule has 6 heteroatoms. The van der Waals surface area contributed by atoms with Gasteiger partial charge in [-0.3, -0.25) is 10.1 Å². The number of nitrogens with zero attached hydrogens (tertiary/aromatic N) is 1. The van der Waals surface area contributed by atoms with Crippen molar-refractivity contribution in [1.82, 2.24) is 5.32 Å². The van der Waals surface area contributed by atoms with E-state index in [0.717, 1.165) is 5.56 Å². The molecule has 1 aromatic rings. The SMILES string of the molecule is CC(C)C(CO)NCc1cc(Br)cc([N+](=O)[O-])c1. The zero-order valence-corrected chi connectivity index (χ0v) is 12.0. The average Bonchev–Trinajstić information content (AvgIpc) is 2.28. The Morgan fingerprint density at radius 3 is 2.61 bits per heavy atom. The molecule has 0 aliphatic heterocycles. The van der Waals surface area contributed by atoms with Gasteiger partial charge >= 0.3 is 0 Å². The molecule has 18 heavy (non-hydrogen) atoms. The third-order valence-corrected chi connectivity index (χ3v) is 3.18. The van der Waals surface area contributed by atoms with Crippen LogP contribution in [0.1, 0.15) is 19.4 Å². The normalized spacial score (nSPS) is 12.7. The summed E-state index contributed by atoms with van der Waals surface area (Å²) in [6.07, 6.45) is 0. The van der Waals surface area contributed by atoms with Crippen LogP contribution in [0.25, 0.3) is 0 Å². The van der Waals surface area contributed by atoms with E-state index in [2.05, 4.69) is 21.2 Å². The highest BCUT2D eigenvalue weighted by Gasteiger charge is 2.13. The lowest BCUT2D eigenvalue weighted by atomic mass is 10.1. The maximum absolute atomic E-state index is 10.7. The Morgan fingerprint density at radius 1 is 1.44 bits per heavy atom. The first kappa shape index (κ1) is 15.1. The smallest absolute Gasteiger partial charge is 0.270 e. The second-order valence-electron chi connectivity index (χ2n) is 4.49. The predicted octanol–water partition coefficient (Wildman–Crippen LogP) is 2.46. The van der Waals surface area contributed by atoms with Gasteiger partial charge in [0, 0.05) is 29.2 Å². The van der Waals surface area contributed by atoms with Gasteiger partial charge in [-0.1, -0.05) is 29.8 Å². The molecule has 0 saturated heterocycles.